The van der Waals surface area contributed by atoms with Gasteiger partial charge in [0.2, 0.25) is 11.1 Å². The molecule has 1 saturated heterocycles. The van der Waals surface area contributed by atoms with Gasteiger partial charge in [0.25, 0.3) is 5.91 Å². The summed E-state index contributed by atoms with van der Waals surface area (Å²) in [5, 5.41) is 31.4. The highest BCUT2D eigenvalue weighted by atomic mass is 32.2. The van der Waals surface area contributed by atoms with Crippen molar-refractivity contribution in [1.29, 1.82) is 5.26 Å². The van der Waals surface area contributed by atoms with E-state index in [1.807, 2.05) is 0 Å². The lowest BCUT2D eigenvalue weighted by Gasteiger charge is -2.49. The van der Waals surface area contributed by atoms with Crippen LogP contribution in [0.25, 0.3) is 0 Å². The maximum absolute atomic E-state index is 12.3. The Bertz CT molecular complexity index is 830. The standard InChI is InChI=1S/C12H11N7O4S2/c1-18-12(15-16-17-18)25-5-4-24-10-7(14-6(20)2-3-13)9(21)19(10)8(5)11(22)23/h7,10H,2,4H2,1H3,(H,14,20)(H,22,23)/t7-,10+/m1/s1. The van der Waals surface area contributed by atoms with Crippen molar-refractivity contribution in [1.82, 2.24) is 30.4 Å². The van der Waals surface area contributed by atoms with Crippen LogP contribution in [-0.2, 0) is 21.4 Å². The van der Waals surface area contributed by atoms with E-state index in [4.69, 9.17) is 5.26 Å². The summed E-state index contributed by atoms with van der Waals surface area (Å²) in [6.45, 7) is 0. The molecule has 25 heavy (non-hydrogen) atoms. The summed E-state index contributed by atoms with van der Waals surface area (Å²) in [5.41, 5.74) is -0.132. The van der Waals surface area contributed by atoms with E-state index in [-0.39, 0.29) is 12.1 Å². The van der Waals surface area contributed by atoms with Crippen molar-refractivity contribution in [3.63, 3.8) is 0 Å². The topological polar surface area (TPSA) is 154 Å². The number of rotatable bonds is 5. The first kappa shape index (κ1) is 17.2. The van der Waals surface area contributed by atoms with E-state index < -0.39 is 29.2 Å². The van der Waals surface area contributed by atoms with Gasteiger partial charge in [-0.1, -0.05) is 0 Å². The van der Waals surface area contributed by atoms with Crippen LogP contribution >= 0.6 is 23.5 Å². The molecule has 0 aliphatic carbocycles. The van der Waals surface area contributed by atoms with E-state index in [1.54, 1.807) is 13.1 Å². The average molecular weight is 381 g/mol. The molecular formula is C12H11N7O4S2. The molecule has 2 amide bonds. The number of aromatic nitrogens is 4. The van der Waals surface area contributed by atoms with Gasteiger partial charge < -0.3 is 10.4 Å². The van der Waals surface area contributed by atoms with Crippen molar-refractivity contribution in [2.75, 3.05) is 5.75 Å². The van der Waals surface area contributed by atoms with Crippen molar-refractivity contribution in [2.24, 2.45) is 7.05 Å². The molecule has 1 fully saturated rings. The van der Waals surface area contributed by atoms with Crippen molar-refractivity contribution in [2.45, 2.75) is 23.0 Å². The Morgan fingerprint density at radius 1 is 1.56 bits per heavy atom. The van der Waals surface area contributed by atoms with Crippen LogP contribution in [0.1, 0.15) is 6.42 Å². The second-order valence-electron chi connectivity index (χ2n) is 5.05. The molecule has 0 saturated carbocycles. The van der Waals surface area contributed by atoms with E-state index in [0.717, 1.165) is 16.7 Å². The van der Waals surface area contributed by atoms with Crippen LogP contribution in [-0.4, -0.2) is 65.2 Å². The molecule has 0 spiro atoms. The first-order valence-electron chi connectivity index (χ1n) is 6.91. The van der Waals surface area contributed by atoms with Gasteiger partial charge in [-0.15, -0.1) is 16.9 Å². The van der Waals surface area contributed by atoms with Crippen LogP contribution in [0.4, 0.5) is 0 Å². The predicted molar refractivity (Wildman–Crippen MR) is 84.6 cm³/mol. The van der Waals surface area contributed by atoms with Crippen molar-refractivity contribution in [3.05, 3.63) is 10.6 Å². The number of carboxylic acids is 1. The minimum atomic E-state index is -1.24. The third-order valence-electron chi connectivity index (χ3n) is 3.49. The Labute approximate surface area is 149 Å². The van der Waals surface area contributed by atoms with E-state index in [0.29, 0.717) is 15.8 Å². The highest BCUT2D eigenvalue weighted by molar-refractivity contribution is 8.06. The molecule has 0 unspecified atom stereocenters. The quantitative estimate of drug-likeness (QED) is 0.601. The summed E-state index contributed by atoms with van der Waals surface area (Å²) >= 11 is 2.41. The third-order valence-corrected chi connectivity index (χ3v) is 6.06. The van der Waals surface area contributed by atoms with Gasteiger partial charge in [-0.3, -0.25) is 14.5 Å². The molecule has 13 heteroatoms. The van der Waals surface area contributed by atoms with Crippen LogP contribution in [0.15, 0.2) is 15.8 Å². The number of hydrogen-bond acceptors (Lipinski definition) is 9. The first-order valence-corrected chi connectivity index (χ1v) is 8.78. The summed E-state index contributed by atoms with van der Waals surface area (Å²) in [6.07, 6.45) is -0.358. The molecule has 3 heterocycles. The number of nitriles is 1. The number of carbonyl (C=O) groups excluding carboxylic acids is 2. The summed E-state index contributed by atoms with van der Waals surface area (Å²) < 4.78 is 1.40. The molecule has 3 rings (SSSR count). The molecular weight excluding hydrogens is 370 g/mol. The molecule has 2 atom stereocenters. The molecule has 0 bridgehead atoms. The Balaban J connectivity index is 1.83. The molecule has 2 N–H and O–H groups in total. The second-order valence-corrected chi connectivity index (χ2v) is 7.22. The molecule has 11 nitrogen and oxygen atoms in total. The number of nitrogens with one attached hydrogen (secondary N) is 1. The number of fused-ring (bicyclic) bond motifs is 1. The van der Waals surface area contributed by atoms with E-state index in [9.17, 15) is 19.5 Å². The van der Waals surface area contributed by atoms with Gasteiger partial charge in [0.05, 0.1) is 6.07 Å². The van der Waals surface area contributed by atoms with Crippen molar-refractivity contribution in [3.8, 4) is 6.07 Å². The van der Waals surface area contributed by atoms with Crippen molar-refractivity contribution < 1.29 is 19.5 Å². The lowest BCUT2D eigenvalue weighted by molar-refractivity contribution is -0.150. The minimum Gasteiger partial charge on any atom is -0.477 e. The fraction of sp³-hybridized carbons (Fsp3) is 0.417. The van der Waals surface area contributed by atoms with Crippen LogP contribution in [0, 0.1) is 11.3 Å². The summed E-state index contributed by atoms with van der Waals surface area (Å²) in [4.78, 5) is 37.1. The first-order chi connectivity index (χ1) is 11.9. The maximum Gasteiger partial charge on any atom is 0.353 e. The molecule has 130 valence electrons. The number of nitrogens with zero attached hydrogens (tertiary/aromatic N) is 6. The highest BCUT2D eigenvalue weighted by Crippen LogP contribution is 2.44. The van der Waals surface area contributed by atoms with Gasteiger partial charge in [0.15, 0.2) is 0 Å². The van der Waals surface area contributed by atoms with Crippen molar-refractivity contribution >= 4 is 41.3 Å². The largest absolute Gasteiger partial charge is 0.477 e. The van der Waals surface area contributed by atoms with E-state index in [1.165, 1.54) is 16.4 Å². The van der Waals surface area contributed by atoms with Gasteiger partial charge in [-0.2, -0.15) is 5.26 Å². The Kier molecular flexibility index (Phi) is 4.64. The maximum atomic E-state index is 12.3. The fourth-order valence-corrected chi connectivity index (χ4v) is 4.77. The predicted octanol–water partition coefficient (Wildman–Crippen LogP) is -1.09. The molecule has 1 aromatic rings. The Morgan fingerprint density at radius 3 is 2.92 bits per heavy atom. The molecule has 2 aliphatic heterocycles. The summed E-state index contributed by atoms with van der Waals surface area (Å²) in [5.74, 6) is -1.99. The fourth-order valence-electron chi connectivity index (χ4n) is 2.38. The molecule has 0 aromatic carbocycles. The number of carboxylic acid groups (broad SMARTS) is 1. The normalized spacial score (nSPS) is 22.1. The zero-order valence-electron chi connectivity index (χ0n) is 12.7. The number of carbonyl (C=O) groups is 3. The van der Waals surface area contributed by atoms with Gasteiger partial charge in [0, 0.05) is 17.7 Å². The van der Waals surface area contributed by atoms with Crippen LogP contribution in [0.2, 0.25) is 0 Å². The summed E-state index contributed by atoms with van der Waals surface area (Å²) in [7, 11) is 1.62. The highest BCUT2D eigenvalue weighted by Gasteiger charge is 2.54. The van der Waals surface area contributed by atoms with Crippen LogP contribution < -0.4 is 5.32 Å². The van der Waals surface area contributed by atoms with Gasteiger partial charge in [-0.25, -0.2) is 9.48 Å². The Morgan fingerprint density at radius 2 is 2.32 bits per heavy atom. The number of amides is 2. The number of hydrogen-bond donors (Lipinski definition) is 2. The lowest BCUT2D eigenvalue weighted by Crippen LogP contribution is -2.70. The van der Waals surface area contributed by atoms with E-state index in [2.05, 4.69) is 20.8 Å². The van der Waals surface area contributed by atoms with Crippen LogP contribution in [0.5, 0.6) is 0 Å². The third kappa shape index (κ3) is 3.05. The van der Waals surface area contributed by atoms with Gasteiger partial charge in [0.1, 0.15) is 23.5 Å². The van der Waals surface area contributed by atoms with Crippen LogP contribution in [0.3, 0.4) is 0 Å². The number of tetrazole rings is 1. The summed E-state index contributed by atoms with van der Waals surface area (Å²) in [6, 6.07) is 0.870. The number of aryl methyl sites for hydroxylation is 1. The second kappa shape index (κ2) is 6.73. The molecule has 0 radical (unpaired) electrons. The molecule has 2 aliphatic rings. The smallest absolute Gasteiger partial charge is 0.353 e. The van der Waals surface area contributed by atoms with E-state index >= 15 is 0 Å². The zero-order valence-corrected chi connectivity index (χ0v) is 14.4. The number of β-lactam (4-membered cyclic amide) rings is 1. The minimum absolute atomic E-state index is 0.132. The average Bonchev–Trinajstić information content (AvgIpc) is 2.97. The number of aliphatic carboxylic acids is 1. The van der Waals surface area contributed by atoms with Gasteiger partial charge in [-0.05, 0) is 22.2 Å². The molecule has 1 aromatic heterocycles. The monoisotopic (exact) mass is 381 g/mol. The Hall–Kier alpha value is -2.59. The number of thioether (sulfide) groups is 2. The SMILES string of the molecule is Cn1nnnc1SC1=C(C(=O)O)N2C(=O)[C@@H](NC(=O)CC#N)[C@@H]2SC1. The lowest BCUT2D eigenvalue weighted by atomic mass is 10.0. The zero-order chi connectivity index (χ0) is 18.1. The van der Waals surface area contributed by atoms with Gasteiger partial charge >= 0.3 is 5.97 Å².